The normalized spacial score (nSPS) is 30.4. The Morgan fingerprint density at radius 3 is 2.94 bits per heavy atom. The van der Waals surface area contributed by atoms with Gasteiger partial charge in [0.1, 0.15) is 5.75 Å². The van der Waals surface area contributed by atoms with Gasteiger partial charge in [0.2, 0.25) is 5.91 Å². The van der Waals surface area contributed by atoms with E-state index in [4.69, 9.17) is 4.74 Å². The molecule has 3 heteroatoms. The molecule has 3 rings (SSSR count). The highest BCUT2D eigenvalue weighted by Gasteiger charge is 2.51. The summed E-state index contributed by atoms with van der Waals surface area (Å²) in [6.45, 7) is 2.06. The molecule has 17 heavy (non-hydrogen) atoms. The Bertz CT molecular complexity index is 497. The van der Waals surface area contributed by atoms with E-state index in [1.54, 1.807) is 7.11 Å². The first-order chi connectivity index (χ1) is 8.06. The summed E-state index contributed by atoms with van der Waals surface area (Å²) in [6, 6.07) is 6.49. The van der Waals surface area contributed by atoms with Crippen LogP contribution in [0.15, 0.2) is 18.2 Å². The van der Waals surface area contributed by atoms with Gasteiger partial charge < -0.3 is 9.64 Å². The lowest BCUT2D eigenvalue weighted by Gasteiger charge is -2.29. The highest BCUT2D eigenvalue weighted by molar-refractivity contribution is 5.91. The molecule has 1 aromatic rings. The largest absolute Gasteiger partial charge is 0.497 e. The van der Waals surface area contributed by atoms with Gasteiger partial charge in [-0.3, -0.25) is 4.79 Å². The van der Waals surface area contributed by atoms with E-state index in [0.717, 1.165) is 24.2 Å². The van der Waals surface area contributed by atoms with E-state index >= 15 is 0 Å². The number of fused-ring (bicyclic) bond motifs is 4. The first-order valence-corrected chi connectivity index (χ1v) is 6.01. The van der Waals surface area contributed by atoms with Crippen LogP contribution in [-0.4, -0.2) is 31.0 Å². The number of carbonyl (C=O) groups is 1. The molecule has 0 aromatic heterocycles. The topological polar surface area (TPSA) is 29.5 Å². The number of rotatable bonds is 1. The second-order valence-corrected chi connectivity index (χ2v) is 5.33. The lowest BCUT2D eigenvalue weighted by Crippen LogP contribution is -2.33. The molecule has 90 valence electrons. The van der Waals surface area contributed by atoms with Crippen LogP contribution in [0.3, 0.4) is 0 Å². The molecule has 0 saturated carbocycles. The minimum Gasteiger partial charge on any atom is -0.497 e. The summed E-state index contributed by atoms with van der Waals surface area (Å²) < 4.78 is 5.27. The number of benzene rings is 1. The van der Waals surface area contributed by atoms with Crippen LogP contribution < -0.4 is 4.74 Å². The Kier molecular flexibility index (Phi) is 2.03. The highest BCUT2D eigenvalue weighted by atomic mass is 16.5. The van der Waals surface area contributed by atoms with Gasteiger partial charge >= 0.3 is 0 Å². The van der Waals surface area contributed by atoms with Gasteiger partial charge in [0.05, 0.1) is 12.5 Å². The van der Waals surface area contributed by atoms with E-state index in [1.807, 2.05) is 24.1 Å². The first kappa shape index (κ1) is 10.6. The van der Waals surface area contributed by atoms with Crippen LogP contribution in [0.2, 0.25) is 0 Å². The van der Waals surface area contributed by atoms with Gasteiger partial charge in [0.25, 0.3) is 0 Å². The zero-order valence-electron chi connectivity index (χ0n) is 10.5. The van der Waals surface area contributed by atoms with Crippen LogP contribution in [0.1, 0.15) is 24.5 Å². The number of carbonyl (C=O) groups excluding carboxylic acids is 1. The summed E-state index contributed by atoms with van der Waals surface area (Å²) >= 11 is 0. The zero-order chi connectivity index (χ0) is 12.2. The van der Waals surface area contributed by atoms with E-state index in [9.17, 15) is 4.79 Å². The summed E-state index contributed by atoms with van der Waals surface area (Å²) in [4.78, 5) is 14.3. The molecule has 2 aliphatic rings. The third kappa shape index (κ3) is 1.25. The quantitative estimate of drug-likeness (QED) is 0.736. The fraction of sp³-hybridized carbons (Fsp3) is 0.500. The molecular formula is C14H17NO2. The molecule has 3 nitrogen and oxygen atoms in total. The minimum absolute atomic E-state index is 0.245. The van der Waals surface area contributed by atoms with Crippen LogP contribution in [0.25, 0.3) is 0 Å². The van der Waals surface area contributed by atoms with E-state index in [-0.39, 0.29) is 11.3 Å². The van der Waals surface area contributed by atoms with Crippen LogP contribution in [0.4, 0.5) is 0 Å². The molecule has 1 heterocycles. The van der Waals surface area contributed by atoms with Crippen LogP contribution >= 0.6 is 0 Å². The van der Waals surface area contributed by atoms with Gasteiger partial charge in [0.15, 0.2) is 0 Å². The number of methoxy groups -OCH3 is 1. The minimum atomic E-state index is -0.346. The van der Waals surface area contributed by atoms with E-state index in [2.05, 4.69) is 13.0 Å². The predicted octanol–water partition coefficient (Wildman–Crippen LogP) is 1.74. The van der Waals surface area contributed by atoms with Gasteiger partial charge in [-0.05, 0) is 43.0 Å². The molecule has 0 spiro atoms. The highest BCUT2D eigenvalue weighted by Crippen LogP contribution is 2.46. The number of amides is 1. The lowest BCUT2D eigenvalue weighted by molar-refractivity contribution is -0.131. The number of hydrogen-bond acceptors (Lipinski definition) is 2. The van der Waals surface area contributed by atoms with Gasteiger partial charge in [0, 0.05) is 13.1 Å². The van der Waals surface area contributed by atoms with Gasteiger partial charge in [-0.2, -0.15) is 0 Å². The molecule has 1 saturated heterocycles. The molecule has 2 bridgehead atoms. The van der Waals surface area contributed by atoms with Gasteiger partial charge in [-0.1, -0.05) is 6.07 Å². The van der Waals surface area contributed by atoms with Crippen molar-refractivity contribution in [2.75, 3.05) is 14.2 Å². The number of nitrogens with zero attached hydrogens (tertiary/aromatic N) is 1. The molecule has 2 atom stereocenters. The van der Waals surface area contributed by atoms with Gasteiger partial charge in [-0.25, -0.2) is 0 Å². The van der Waals surface area contributed by atoms with Crippen molar-refractivity contribution in [3.05, 3.63) is 29.3 Å². The Morgan fingerprint density at radius 2 is 2.24 bits per heavy atom. The van der Waals surface area contributed by atoms with Crippen molar-refractivity contribution in [1.82, 2.24) is 4.90 Å². The van der Waals surface area contributed by atoms with Crippen molar-refractivity contribution in [2.24, 2.45) is 0 Å². The van der Waals surface area contributed by atoms with E-state index in [0.29, 0.717) is 6.04 Å². The van der Waals surface area contributed by atoms with Crippen molar-refractivity contribution in [2.45, 2.75) is 31.2 Å². The van der Waals surface area contributed by atoms with Crippen molar-refractivity contribution in [1.29, 1.82) is 0 Å². The lowest BCUT2D eigenvalue weighted by atomic mass is 9.72. The Labute approximate surface area is 101 Å². The molecule has 0 unspecified atom stereocenters. The van der Waals surface area contributed by atoms with Crippen molar-refractivity contribution in [3.8, 4) is 5.75 Å². The smallest absolute Gasteiger partial charge is 0.233 e. The first-order valence-electron chi connectivity index (χ1n) is 6.01. The number of likely N-dealkylation sites (tertiary alicyclic amines) is 1. The number of hydrogen-bond donors (Lipinski definition) is 0. The molecule has 1 aliphatic heterocycles. The zero-order valence-corrected chi connectivity index (χ0v) is 10.5. The fourth-order valence-corrected chi connectivity index (χ4v) is 3.31. The van der Waals surface area contributed by atoms with Crippen LogP contribution in [-0.2, 0) is 16.6 Å². The monoisotopic (exact) mass is 231 g/mol. The second kappa shape index (κ2) is 3.25. The molecule has 1 fully saturated rings. The van der Waals surface area contributed by atoms with E-state index < -0.39 is 0 Å². The standard InChI is InChI=1S/C14H17NO2/c1-14-8-10(15(2)13(14)16)6-9-4-5-11(17-3)7-12(9)14/h4-5,7,10H,6,8H2,1-3H3/t10-,14-/m0/s1. The summed E-state index contributed by atoms with van der Waals surface area (Å²) in [5.41, 5.74) is 2.10. The average Bonchev–Trinajstić information content (AvgIpc) is 2.52. The third-order valence-electron chi connectivity index (χ3n) is 4.35. The molecular weight excluding hydrogens is 214 g/mol. The van der Waals surface area contributed by atoms with Crippen molar-refractivity contribution >= 4 is 5.91 Å². The summed E-state index contributed by atoms with van der Waals surface area (Å²) in [6.07, 6.45) is 1.90. The van der Waals surface area contributed by atoms with E-state index in [1.165, 1.54) is 5.56 Å². The third-order valence-corrected chi connectivity index (χ3v) is 4.35. The molecule has 1 amide bonds. The van der Waals surface area contributed by atoms with Crippen molar-refractivity contribution in [3.63, 3.8) is 0 Å². The Hall–Kier alpha value is -1.51. The predicted molar refractivity (Wildman–Crippen MR) is 65.2 cm³/mol. The molecule has 1 aromatic carbocycles. The van der Waals surface area contributed by atoms with Crippen molar-refractivity contribution < 1.29 is 9.53 Å². The summed E-state index contributed by atoms with van der Waals surface area (Å²) in [7, 11) is 3.58. The summed E-state index contributed by atoms with van der Waals surface area (Å²) in [5, 5.41) is 0. The Morgan fingerprint density at radius 1 is 1.47 bits per heavy atom. The summed E-state index contributed by atoms with van der Waals surface area (Å²) in [5.74, 6) is 1.08. The average molecular weight is 231 g/mol. The van der Waals surface area contributed by atoms with Gasteiger partial charge in [-0.15, -0.1) is 0 Å². The molecule has 1 aliphatic carbocycles. The molecule has 0 radical (unpaired) electrons. The Balaban J connectivity index is 2.18. The number of likely N-dealkylation sites (N-methyl/N-ethyl adjacent to an activating group) is 1. The fourth-order valence-electron chi connectivity index (χ4n) is 3.31. The number of ether oxygens (including phenoxy) is 1. The van der Waals surface area contributed by atoms with Crippen LogP contribution in [0, 0.1) is 0 Å². The second-order valence-electron chi connectivity index (χ2n) is 5.33. The maximum Gasteiger partial charge on any atom is 0.233 e. The maximum absolute atomic E-state index is 12.4. The maximum atomic E-state index is 12.4. The molecule has 0 N–H and O–H groups in total. The SMILES string of the molecule is COc1ccc2c(c1)[C@]1(C)C[C@H](C2)N(C)C1=O. The van der Waals surface area contributed by atoms with Crippen LogP contribution in [0.5, 0.6) is 5.75 Å².